The molecule has 46 heavy (non-hydrogen) atoms. The molecule has 0 aromatic heterocycles. The van der Waals surface area contributed by atoms with E-state index in [2.05, 4.69) is 17.6 Å². The largest absolute Gasteiger partial charge is 0.456 e. The fraction of sp³-hybridized carbons (Fsp3) is 0.943. The molecular weight excluding hydrogens is 631 g/mol. The summed E-state index contributed by atoms with van der Waals surface area (Å²) in [5, 5.41) is 27.1. The van der Waals surface area contributed by atoms with Crippen LogP contribution < -0.4 is 10.6 Å². The first kappa shape index (κ1) is 41.5. The Balaban J connectivity index is 1.64. The number of nitrogens with one attached hydrogen (secondary N) is 2. The van der Waals surface area contributed by atoms with Gasteiger partial charge < -0.3 is 30.3 Å². The highest BCUT2D eigenvalue weighted by Gasteiger charge is 2.46. The van der Waals surface area contributed by atoms with Crippen LogP contribution in [-0.4, -0.2) is 88.4 Å². The maximum Gasteiger partial charge on any atom is 0.306 e. The molecule has 8 atom stereocenters. The molecule has 2 saturated heterocycles. The first-order valence-corrected chi connectivity index (χ1v) is 19.9. The molecule has 2 rings (SSSR count). The van der Waals surface area contributed by atoms with Crippen molar-refractivity contribution in [2.24, 2.45) is 0 Å². The number of hydrogen-bond acceptors (Lipinski definition) is 8. The maximum absolute atomic E-state index is 15.0. The Morgan fingerprint density at radius 1 is 0.978 bits per heavy atom. The van der Waals surface area contributed by atoms with Gasteiger partial charge in [-0.3, -0.25) is 9.59 Å². The molecule has 0 spiro atoms. The van der Waals surface area contributed by atoms with E-state index in [0.29, 0.717) is 32.2 Å². The molecule has 270 valence electrons. The highest BCUT2D eigenvalue weighted by Crippen LogP contribution is 2.33. The molecule has 8 unspecified atom stereocenters. The number of aliphatic hydroxyl groups is 2. The summed E-state index contributed by atoms with van der Waals surface area (Å²) in [6, 6.07) is -0.479. The van der Waals surface area contributed by atoms with Crippen molar-refractivity contribution in [3.8, 4) is 0 Å². The zero-order valence-electron chi connectivity index (χ0n) is 28.8. The third-order valence-corrected chi connectivity index (χ3v) is 10.7. The van der Waals surface area contributed by atoms with Crippen LogP contribution in [0.5, 0.6) is 0 Å². The van der Waals surface area contributed by atoms with Crippen molar-refractivity contribution in [2.45, 2.75) is 189 Å². The SMILES string of the molecule is CCCCCCCCCCCCCCCC(=O)OC1C(SC)OC(CC(Cl)CNC(=O)C2CCC(F)(CCC)CCN2)C(O)C1O. The van der Waals surface area contributed by atoms with Crippen molar-refractivity contribution in [3.63, 3.8) is 0 Å². The summed E-state index contributed by atoms with van der Waals surface area (Å²) < 4.78 is 26.6. The standard InChI is InChI=1S/C35H64ClFN2O6S/c1-4-6-7-8-9-10-11-12-13-14-15-16-17-18-29(40)45-32-31(42)30(41)28(44-34(32)46-3)24-26(36)25-39-33(43)27-19-21-35(37,20-5-2)22-23-38-27/h26-28,30-32,34,38,41-42H,4-25H2,1-3H3,(H,39,43). The predicted octanol–water partition coefficient (Wildman–Crippen LogP) is 6.95. The summed E-state index contributed by atoms with van der Waals surface area (Å²) in [4.78, 5) is 25.3. The lowest BCUT2D eigenvalue weighted by Gasteiger charge is -2.42. The molecule has 0 aromatic carbocycles. The number of halogens is 2. The maximum atomic E-state index is 15.0. The molecule has 2 aliphatic heterocycles. The fourth-order valence-corrected chi connectivity index (χ4v) is 7.60. The molecule has 0 aliphatic carbocycles. The lowest BCUT2D eigenvalue weighted by Crippen LogP contribution is -2.58. The monoisotopic (exact) mass is 694 g/mol. The third kappa shape index (κ3) is 15.7. The number of carbonyl (C=O) groups is 2. The van der Waals surface area contributed by atoms with Crippen molar-refractivity contribution < 1.29 is 33.7 Å². The Morgan fingerprint density at radius 3 is 2.17 bits per heavy atom. The van der Waals surface area contributed by atoms with Crippen LogP contribution in [-0.2, 0) is 19.1 Å². The minimum Gasteiger partial charge on any atom is -0.456 e. The number of carbonyl (C=O) groups excluding carboxylic acids is 2. The molecular formula is C35H64ClFN2O6S. The molecule has 2 fully saturated rings. The van der Waals surface area contributed by atoms with Gasteiger partial charge in [0, 0.05) is 13.0 Å². The second-order valence-electron chi connectivity index (χ2n) is 13.5. The van der Waals surface area contributed by atoms with Crippen LogP contribution in [0, 0.1) is 0 Å². The van der Waals surface area contributed by atoms with Crippen molar-refractivity contribution in [3.05, 3.63) is 0 Å². The predicted molar refractivity (Wildman–Crippen MR) is 186 cm³/mol. The van der Waals surface area contributed by atoms with Gasteiger partial charge >= 0.3 is 5.97 Å². The van der Waals surface area contributed by atoms with Gasteiger partial charge in [0.05, 0.1) is 17.5 Å². The molecule has 4 N–H and O–H groups in total. The summed E-state index contributed by atoms with van der Waals surface area (Å²) >= 11 is 7.83. The number of unbranched alkanes of at least 4 members (excludes halogenated alkanes) is 12. The normalized spacial score (nSPS) is 29.2. The summed E-state index contributed by atoms with van der Waals surface area (Å²) in [5.74, 6) is -0.626. The minimum absolute atomic E-state index is 0.137. The second-order valence-corrected chi connectivity index (χ2v) is 15.0. The molecule has 0 aromatic rings. The van der Waals surface area contributed by atoms with Gasteiger partial charge in [-0.2, -0.15) is 0 Å². The summed E-state index contributed by atoms with van der Waals surface area (Å²) in [7, 11) is 0. The fourth-order valence-electron chi connectivity index (χ4n) is 6.61. The molecule has 0 saturated carbocycles. The van der Waals surface area contributed by atoms with Gasteiger partial charge in [0.2, 0.25) is 5.91 Å². The highest BCUT2D eigenvalue weighted by atomic mass is 35.5. The second kappa shape index (κ2) is 23.7. The third-order valence-electron chi connectivity index (χ3n) is 9.47. The van der Waals surface area contributed by atoms with Crippen LogP contribution in [0.3, 0.4) is 0 Å². The Hall–Kier alpha value is -0.650. The average Bonchev–Trinajstić information content (AvgIpc) is 3.23. The quantitative estimate of drug-likeness (QED) is 0.0516. The number of rotatable bonds is 23. The van der Waals surface area contributed by atoms with E-state index in [4.69, 9.17) is 21.1 Å². The number of thioether (sulfide) groups is 1. The van der Waals surface area contributed by atoms with Gasteiger partial charge in [0.1, 0.15) is 23.3 Å². The van der Waals surface area contributed by atoms with Gasteiger partial charge in [-0.1, -0.05) is 97.3 Å². The van der Waals surface area contributed by atoms with Gasteiger partial charge in [-0.05, 0) is 51.3 Å². The molecule has 0 bridgehead atoms. The van der Waals surface area contributed by atoms with Gasteiger partial charge in [-0.15, -0.1) is 23.4 Å². The van der Waals surface area contributed by atoms with E-state index in [0.717, 1.165) is 25.7 Å². The average molecular weight is 695 g/mol. The smallest absolute Gasteiger partial charge is 0.306 e. The number of ether oxygens (including phenoxy) is 2. The van der Waals surface area contributed by atoms with Crippen LogP contribution in [0.15, 0.2) is 0 Å². The van der Waals surface area contributed by atoms with Crippen molar-refractivity contribution >= 4 is 35.2 Å². The molecule has 1 amide bonds. The van der Waals surface area contributed by atoms with E-state index < -0.39 is 52.9 Å². The van der Waals surface area contributed by atoms with Crippen LogP contribution >= 0.6 is 23.4 Å². The lowest BCUT2D eigenvalue weighted by atomic mass is 9.91. The number of amides is 1. The Morgan fingerprint density at radius 2 is 1.59 bits per heavy atom. The molecule has 0 radical (unpaired) electrons. The van der Waals surface area contributed by atoms with E-state index >= 15 is 0 Å². The summed E-state index contributed by atoms with van der Waals surface area (Å²) in [5.41, 5.74) is -1.88. The van der Waals surface area contributed by atoms with Crippen LogP contribution in [0.4, 0.5) is 4.39 Å². The van der Waals surface area contributed by atoms with Gasteiger partial charge in [0.25, 0.3) is 0 Å². The summed E-state index contributed by atoms with van der Waals surface area (Å²) in [6.45, 7) is 4.79. The van der Waals surface area contributed by atoms with Crippen LogP contribution in [0.25, 0.3) is 0 Å². The molecule has 2 aliphatic rings. The highest BCUT2D eigenvalue weighted by molar-refractivity contribution is 7.99. The molecule has 8 nitrogen and oxygen atoms in total. The Labute approximate surface area is 287 Å². The first-order chi connectivity index (χ1) is 22.1. The van der Waals surface area contributed by atoms with Crippen molar-refractivity contribution in [1.82, 2.24) is 10.6 Å². The van der Waals surface area contributed by atoms with Crippen molar-refractivity contribution in [2.75, 3.05) is 19.3 Å². The molecule has 11 heteroatoms. The first-order valence-electron chi connectivity index (χ1n) is 18.2. The Kier molecular flexibility index (Phi) is 21.4. The van der Waals surface area contributed by atoms with Crippen molar-refractivity contribution in [1.29, 1.82) is 0 Å². The van der Waals surface area contributed by atoms with E-state index in [1.54, 1.807) is 6.26 Å². The van der Waals surface area contributed by atoms with Crippen LogP contribution in [0.1, 0.15) is 142 Å². The van der Waals surface area contributed by atoms with Crippen LogP contribution in [0.2, 0.25) is 0 Å². The number of hydrogen-bond donors (Lipinski definition) is 4. The van der Waals surface area contributed by atoms with E-state index in [-0.39, 0.29) is 25.3 Å². The zero-order valence-corrected chi connectivity index (χ0v) is 30.4. The Bertz CT molecular complexity index is 845. The number of alkyl halides is 2. The zero-order chi connectivity index (χ0) is 33.8. The number of aliphatic hydroxyl groups excluding tert-OH is 2. The van der Waals surface area contributed by atoms with E-state index in [9.17, 15) is 24.2 Å². The topological polar surface area (TPSA) is 117 Å². The molecule has 2 heterocycles. The van der Waals surface area contributed by atoms with Gasteiger partial charge in [-0.25, -0.2) is 4.39 Å². The lowest BCUT2D eigenvalue weighted by molar-refractivity contribution is -0.214. The van der Waals surface area contributed by atoms with E-state index in [1.807, 2.05) is 6.92 Å². The van der Waals surface area contributed by atoms with E-state index in [1.165, 1.54) is 76.0 Å². The number of esters is 1. The van der Waals surface area contributed by atoms with Gasteiger partial charge in [0.15, 0.2) is 6.10 Å². The summed E-state index contributed by atoms with van der Waals surface area (Å²) in [6.07, 6.45) is 16.2. The minimum atomic E-state index is -1.32.